The molecular weight excluding hydrogens is 258 g/mol. The van der Waals surface area contributed by atoms with Crippen LogP contribution in [-0.2, 0) is 6.61 Å². The molecule has 20 heavy (non-hydrogen) atoms. The highest BCUT2D eigenvalue weighted by Crippen LogP contribution is 2.27. The predicted molar refractivity (Wildman–Crippen MR) is 75.2 cm³/mol. The lowest BCUT2D eigenvalue weighted by Gasteiger charge is -2.07. The van der Waals surface area contributed by atoms with Crippen molar-refractivity contribution in [3.63, 3.8) is 0 Å². The number of hydrogen-bond donors (Lipinski definition) is 1. The van der Waals surface area contributed by atoms with Crippen LogP contribution in [0.25, 0.3) is 21.9 Å². The van der Waals surface area contributed by atoms with Crippen molar-refractivity contribution < 1.29 is 13.9 Å². The Balaban J connectivity index is 2.15. The standard InChI is InChI=1S/C17H12F2O/c18-15-5-6-17(19)16(9-15)14-4-3-12-7-11(10-20)1-2-13(12)8-14/h1-9,20H,10H2. The van der Waals surface area contributed by atoms with Gasteiger partial charge in [-0.25, -0.2) is 8.78 Å². The van der Waals surface area contributed by atoms with Crippen LogP contribution in [0.5, 0.6) is 0 Å². The zero-order valence-corrected chi connectivity index (χ0v) is 10.6. The monoisotopic (exact) mass is 270 g/mol. The van der Waals surface area contributed by atoms with Crippen molar-refractivity contribution in [1.29, 1.82) is 0 Å². The summed E-state index contributed by atoms with van der Waals surface area (Å²) in [6.45, 7) is -0.0176. The molecule has 0 aliphatic heterocycles. The third kappa shape index (κ3) is 2.28. The van der Waals surface area contributed by atoms with E-state index in [1.54, 1.807) is 6.07 Å². The quantitative estimate of drug-likeness (QED) is 0.737. The highest BCUT2D eigenvalue weighted by molar-refractivity contribution is 5.87. The maximum Gasteiger partial charge on any atom is 0.131 e. The number of aliphatic hydroxyl groups is 1. The fourth-order valence-corrected chi connectivity index (χ4v) is 2.28. The van der Waals surface area contributed by atoms with Crippen LogP contribution < -0.4 is 0 Å². The number of benzene rings is 3. The van der Waals surface area contributed by atoms with Crippen LogP contribution in [0.1, 0.15) is 5.56 Å². The van der Waals surface area contributed by atoms with Crippen molar-refractivity contribution in [2.24, 2.45) is 0 Å². The Labute approximate surface area is 115 Å². The first kappa shape index (κ1) is 12.8. The van der Waals surface area contributed by atoms with Gasteiger partial charge in [-0.1, -0.05) is 24.3 Å². The van der Waals surface area contributed by atoms with Gasteiger partial charge in [0, 0.05) is 5.56 Å². The van der Waals surface area contributed by atoms with Crippen molar-refractivity contribution in [2.45, 2.75) is 6.61 Å². The summed E-state index contributed by atoms with van der Waals surface area (Å²) in [6.07, 6.45) is 0. The third-order valence-electron chi connectivity index (χ3n) is 3.33. The Bertz CT molecular complexity index is 781. The Morgan fingerprint density at radius 2 is 1.55 bits per heavy atom. The maximum absolute atomic E-state index is 13.8. The van der Waals surface area contributed by atoms with E-state index in [4.69, 9.17) is 5.11 Å². The number of hydrogen-bond acceptors (Lipinski definition) is 1. The molecule has 3 rings (SSSR count). The molecule has 1 nitrogen and oxygen atoms in total. The average molecular weight is 270 g/mol. The minimum Gasteiger partial charge on any atom is -0.392 e. The molecule has 100 valence electrons. The minimum absolute atomic E-state index is 0.0176. The van der Waals surface area contributed by atoms with Crippen LogP contribution in [0, 0.1) is 11.6 Å². The zero-order valence-electron chi connectivity index (χ0n) is 10.6. The first-order valence-electron chi connectivity index (χ1n) is 6.26. The molecule has 0 heterocycles. The van der Waals surface area contributed by atoms with E-state index in [-0.39, 0.29) is 12.2 Å². The molecule has 0 aliphatic rings. The molecule has 3 aromatic carbocycles. The smallest absolute Gasteiger partial charge is 0.131 e. The van der Waals surface area contributed by atoms with Crippen molar-refractivity contribution in [3.05, 3.63) is 71.8 Å². The van der Waals surface area contributed by atoms with E-state index in [0.29, 0.717) is 5.56 Å². The molecule has 0 bridgehead atoms. The highest BCUT2D eigenvalue weighted by Gasteiger charge is 2.07. The molecule has 0 saturated heterocycles. The van der Waals surface area contributed by atoms with E-state index in [0.717, 1.165) is 28.5 Å². The SMILES string of the molecule is OCc1ccc2cc(-c3cc(F)ccc3F)ccc2c1. The topological polar surface area (TPSA) is 20.2 Å². The summed E-state index contributed by atoms with van der Waals surface area (Å²) in [7, 11) is 0. The van der Waals surface area contributed by atoms with Crippen LogP contribution in [-0.4, -0.2) is 5.11 Å². The van der Waals surface area contributed by atoms with Gasteiger partial charge in [0.15, 0.2) is 0 Å². The average Bonchev–Trinajstić information content (AvgIpc) is 2.48. The van der Waals surface area contributed by atoms with E-state index in [1.807, 2.05) is 30.3 Å². The van der Waals surface area contributed by atoms with Gasteiger partial charge in [0.05, 0.1) is 6.61 Å². The van der Waals surface area contributed by atoms with Crippen molar-refractivity contribution in [2.75, 3.05) is 0 Å². The second-order valence-corrected chi connectivity index (χ2v) is 4.68. The zero-order chi connectivity index (χ0) is 14.1. The molecule has 0 atom stereocenters. The lowest BCUT2D eigenvalue weighted by atomic mass is 9.99. The molecule has 1 N–H and O–H groups in total. The lowest BCUT2D eigenvalue weighted by molar-refractivity contribution is 0.282. The van der Waals surface area contributed by atoms with Crippen molar-refractivity contribution in [1.82, 2.24) is 0 Å². The maximum atomic E-state index is 13.8. The first-order chi connectivity index (χ1) is 9.67. The largest absolute Gasteiger partial charge is 0.392 e. The molecule has 0 saturated carbocycles. The lowest BCUT2D eigenvalue weighted by Crippen LogP contribution is -1.87. The summed E-state index contributed by atoms with van der Waals surface area (Å²) in [5.41, 5.74) is 1.70. The summed E-state index contributed by atoms with van der Waals surface area (Å²) in [5, 5.41) is 11.0. The third-order valence-corrected chi connectivity index (χ3v) is 3.33. The van der Waals surface area contributed by atoms with Gasteiger partial charge in [-0.3, -0.25) is 0 Å². The summed E-state index contributed by atoms with van der Waals surface area (Å²) >= 11 is 0. The number of rotatable bonds is 2. The number of aliphatic hydroxyl groups excluding tert-OH is 1. The van der Waals surface area contributed by atoms with Crippen LogP contribution in [0.4, 0.5) is 8.78 Å². The Hall–Kier alpha value is -2.26. The number of fused-ring (bicyclic) bond motifs is 1. The van der Waals surface area contributed by atoms with Gasteiger partial charge in [0.25, 0.3) is 0 Å². The minimum atomic E-state index is -0.461. The van der Waals surface area contributed by atoms with Gasteiger partial charge in [-0.2, -0.15) is 0 Å². The molecule has 0 spiro atoms. The normalized spacial score (nSPS) is 10.9. The van der Waals surface area contributed by atoms with Gasteiger partial charge in [-0.15, -0.1) is 0 Å². The molecule has 0 aromatic heterocycles. The number of halogens is 2. The molecule has 0 radical (unpaired) electrons. The predicted octanol–water partition coefficient (Wildman–Crippen LogP) is 4.28. The van der Waals surface area contributed by atoms with E-state index >= 15 is 0 Å². The fourth-order valence-electron chi connectivity index (χ4n) is 2.28. The van der Waals surface area contributed by atoms with E-state index < -0.39 is 11.6 Å². The highest BCUT2D eigenvalue weighted by atomic mass is 19.1. The van der Waals surface area contributed by atoms with Gasteiger partial charge in [-0.05, 0) is 52.2 Å². The van der Waals surface area contributed by atoms with E-state index in [1.165, 1.54) is 6.07 Å². The summed E-state index contributed by atoms with van der Waals surface area (Å²) < 4.78 is 27.0. The van der Waals surface area contributed by atoms with Crippen molar-refractivity contribution >= 4 is 10.8 Å². The fraction of sp³-hybridized carbons (Fsp3) is 0.0588. The molecule has 0 amide bonds. The van der Waals surface area contributed by atoms with Gasteiger partial charge < -0.3 is 5.11 Å². The molecule has 0 unspecified atom stereocenters. The van der Waals surface area contributed by atoms with Crippen molar-refractivity contribution in [3.8, 4) is 11.1 Å². The van der Waals surface area contributed by atoms with Crippen LogP contribution >= 0.6 is 0 Å². The van der Waals surface area contributed by atoms with Crippen LogP contribution in [0.3, 0.4) is 0 Å². The van der Waals surface area contributed by atoms with Gasteiger partial charge in [0.2, 0.25) is 0 Å². The molecular formula is C17H12F2O. The van der Waals surface area contributed by atoms with Crippen LogP contribution in [0.15, 0.2) is 54.6 Å². The summed E-state index contributed by atoms with van der Waals surface area (Å²) in [6, 6.07) is 14.4. The summed E-state index contributed by atoms with van der Waals surface area (Å²) in [4.78, 5) is 0. The molecule has 0 aliphatic carbocycles. The Morgan fingerprint density at radius 3 is 2.35 bits per heavy atom. The Morgan fingerprint density at radius 1 is 0.800 bits per heavy atom. The second kappa shape index (κ2) is 5.02. The second-order valence-electron chi connectivity index (χ2n) is 4.68. The van der Waals surface area contributed by atoms with E-state index in [2.05, 4.69) is 0 Å². The van der Waals surface area contributed by atoms with E-state index in [9.17, 15) is 8.78 Å². The Kier molecular flexibility index (Phi) is 3.20. The molecule has 3 aromatic rings. The molecule has 3 heteroatoms. The van der Waals surface area contributed by atoms with Gasteiger partial charge in [0.1, 0.15) is 11.6 Å². The van der Waals surface area contributed by atoms with Crippen LogP contribution in [0.2, 0.25) is 0 Å². The first-order valence-corrected chi connectivity index (χ1v) is 6.26. The molecule has 0 fully saturated rings. The van der Waals surface area contributed by atoms with Gasteiger partial charge >= 0.3 is 0 Å². The summed E-state index contributed by atoms with van der Waals surface area (Å²) in [5.74, 6) is -0.908.